The van der Waals surface area contributed by atoms with Gasteiger partial charge >= 0.3 is 5.69 Å². The molecule has 1 aromatic heterocycles. The number of morpholine rings is 1. The van der Waals surface area contributed by atoms with Gasteiger partial charge in [0.2, 0.25) is 0 Å². The van der Waals surface area contributed by atoms with Crippen LogP contribution in [0.15, 0.2) is 53.6 Å². The van der Waals surface area contributed by atoms with E-state index in [1.165, 1.54) is 23.5 Å². The van der Waals surface area contributed by atoms with E-state index < -0.39 is 15.5 Å². The van der Waals surface area contributed by atoms with E-state index in [-0.39, 0.29) is 28.4 Å². The molecule has 11 nitrogen and oxygen atoms in total. The van der Waals surface area contributed by atoms with Crippen LogP contribution in [0.5, 0.6) is 0 Å². The highest BCUT2D eigenvalue weighted by Gasteiger charge is 2.20. The Labute approximate surface area is 202 Å². The number of nitrogens with zero attached hydrogens (tertiary/aromatic N) is 5. The zero-order valence-electron chi connectivity index (χ0n) is 17.1. The molecule has 1 N–H and O–H groups in total. The van der Waals surface area contributed by atoms with Gasteiger partial charge in [-0.3, -0.25) is 25.7 Å². The number of nitro groups is 2. The van der Waals surface area contributed by atoms with Crippen LogP contribution in [0.3, 0.4) is 0 Å². The molecule has 0 atom stereocenters. The first kappa shape index (κ1) is 24.2. The molecule has 0 aliphatic carbocycles. The molecular weight excluding hydrogens is 516 g/mol. The first-order valence-electron chi connectivity index (χ1n) is 9.64. The molecule has 1 saturated heterocycles. The summed E-state index contributed by atoms with van der Waals surface area (Å²) in [5.74, 6) is 0. The quantitative estimate of drug-likeness (QED) is 0.266. The number of hydrogen-bond donors (Lipinski definition) is 1. The van der Waals surface area contributed by atoms with E-state index in [0.29, 0.717) is 13.2 Å². The molecule has 0 saturated carbocycles. The first-order valence-corrected chi connectivity index (χ1v) is 10.5. The van der Waals surface area contributed by atoms with Gasteiger partial charge in [0, 0.05) is 24.7 Å². The Morgan fingerprint density at radius 2 is 1.82 bits per heavy atom. The number of ether oxygens (including phenoxy) is 1. The number of anilines is 2. The van der Waals surface area contributed by atoms with Crippen LogP contribution in [-0.4, -0.2) is 47.3 Å². The van der Waals surface area contributed by atoms with Crippen LogP contribution in [0.1, 0.15) is 4.88 Å². The lowest BCUT2D eigenvalue weighted by molar-refractivity contribution is -0.393. The van der Waals surface area contributed by atoms with Crippen molar-refractivity contribution in [2.75, 3.05) is 36.6 Å². The zero-order valence-corrected chi connectivity index (χ0v) is 19.6. The van der Waals surface area contributed by atoms with Crippen LogP contribution in [0, 0.1) is 20.2 Å². The van der Waals surface area contributed by atoms with Crippen molar-refractivity contribution in [3.8, 4) is 11.3 Å². The molecule has 2 heterocycles. The summed E-state index contributed by atoms with van der Waals surface area (Å²) in [7, 11) is 0. The third-order valence-electron chi connectivity index (χ3n) is 4.73. The molecule has 0 spiro atoms. The van der Waals surface area contributed by atoms with Crippen LogP contribution in [0.25, 0.3) is 11.3 Å². The van der Waals surface area contributed by atoms with Gasteiger partial charge in [-0.2, -0.15) is 5.10 Å². The van der Waals surface area contributed by atoms with E-state index in [1.807, 2.05) is 30.3 Å². The Morgan fingerprint density at radius 3 is 2.48 bits per heavy atom. The minimum absolute atomic E-state index is 0. The minimum atomic E-state index is -0.691. The third kappa shape index (κ3) is 5.69. The fraction of sp³-hybridized carbons (Fsp3) is 0.200. The number of halogens is 1. The predicted molar refractivity (Wildman–Crippen MR) is 132 cm³/mol. The average molecular weight is 535 g/mol. The summed E-state index contributed by atoms with van der Waals surface area (Å²) in [5, 5.41) is 27.2. The topological polar surface area (TPSA) is 136 Å². The Hall–Kier alpha value is -3.42. The van der Waals surface area contributed by atoms with Gasteiger partial charge < -0.3 is 9.64 Å². The van der Waals surface area contributed by atoms with Crippen LogP contribution in [0.4, 0.5) is 22.2 Å². The standard InChI is InChI=1S/C20H18N6O5S.BrH/c27-25(28)15-6-7-16(17(12-15)26(29)30)23-21-13-18-19(14-4-2-1-3-5-14)22-20(32-18)24-8-10-31-11-9-24;/h1-7,12-13,23H,8-11H2;1H. The molecule has 0 unspecified atom stereocenters. The molecule has 4 rings (SSSR count). The smallest absolute Gasteiger partial charge is 0.301 e. The SMILES string of the molecule is Br.O=[N+]([O-])c1ccc(NN=Cc2sc(N3CCOCC3)nc2-c2ccccc2)c([N+](=O)[O-])c1. The highest BCUT2D eigenvalue weighted by molar-refractivity contribution is 8.93. The van der Waals surface area contributed by atoms with Gasteiger partial charge in [-0.25, -0.2) is 4.98 Å². The van der Waals surface area contributed by atoms with E-state index in [9.17, 15) is 20.2 Å². The number of hydrazone groups is 1. The van der Waals surface area contributed by atoms with E-state index in [1.54, 1.807) is 6.21 Å². The summed E-state index contributed by atoms with van der Waals surface area (Å²) in [4.78, 5) is 28.6. The maximum Gasteiger partial charge on any atom is 0.301 e. The third-order valence-corrected chi connectivity index (χ3v) is 5.78. The van der Waals surface area contributed by atoms with Crippen molar-refractivity contribution in [1.82, 2.24) is 4.98 Å². The second-order valence-corrected chi connectivity index (χ2v) is 7.77. The predicted octanol–water partition coefficient (Wildman–Crippen LogP) is 4.49. The number of nitro benzene ring substituents is 2. The molecule has 0 radical (unpaired) electrons. The maximum atomic E-state index is 11.3. The second-order valence-electron chi connectivity index (χ2n) is 6.76. The Balaban J connectivity index is 0.00000306. The first-order chi connectivity index (χ1) is 15.5. The van der Waals surface area contributed by atoms with Crippen molar-refractivity contribution >= 4 is 56.7 Å². The van der Waals surface area contributed by atoms with Crippen LogP contribution >= 0.6 is 28.3 Å². The number of nitrogens with one attached hydrogen (secondary N) is 1. The number of hydrogen-bond acceptors (Lipinski definition) is 10. The summed E-state index contributed by atoms with van der Waals surface area (Å²) in [6, 6.07) is 13.0. The van der Waals surface area contributed by atoms with Crippen LogP contribution in [0.2, 0.25) is 0 Å². The summed E-state index contributed by atoms with van der Waals surface area (Å²) in [6.07, 6.45) is 1.55. The van der Waals surface area contributed by atoms with Crippen molar-refractivity contribution in [2.45, 2.75) is 0 Å². The monoisotopic (exact) mass is 534 g/mol. The van der Waals surface area contributed by atoms with Crippen LogP contribution in [-0.2, 0) is 4.74 Å². The van der Waals surface area contributed by atoms with E-state index >= 15 is 0 Å². The molecule has 2 aromatic carbocycles. The molecule has 13 heteroatoms. The molecule has 0 bridgehead atoms. The molecule has 0 amide bonds. The molecule has 33 heavy (non-hydrogen) atoms. The minimum Gasteiger partial charge on any atom is -0.378 e. The summed E-state index contributed by atoms with van der Waals surface area (Å²) < 4.78 is 5.41. The highest BCUT2D eigenvalue weighted by atomic mass is 79.9. The fourth-order valence-electron chi connectivity index (χ4n) is 3.14. The van der Waals surface area contributed by atoms with Gasteiger partial charge in [-0.15, -0.1) is 17.0 Å². The Morgan fingerprint density at radius 1 is 1.09 bits per heavy atom. The van der Waals surface area contributed by atoms with Gasteiger partial charge in [-0.05, 0) is 6.07 Å². The van der Waals surface area contributed by atoms with E-state index in [2.05, 4.69) is 15.4 Å². The lowest BCUT2D eigenvalue weighted by Crippen LogP contribution is -2.36. The van der Waals surface area contributed by atoms with Gasteiger partial charge in [0.05, 0.1) is 45.9 Å². The Kier molecular flexibility index (Phi) is 8.03. The number of thiazole rings is 1. The highest BCUT2D eigenvalue weighted by Crippen LogP contribution is 2.33. The lowest BCUT2D eigenvalue weighted by Gasteiger charge is -2.26. The van der Waals surface area contributed by atoms with Gasteiger partial charge in [-0.1, -0.05) is 41.7 Å². The number of rotatable bonds is 7. The fourth-order valence-corrected chi connectivity index (χ4v) is 4.15. The molecule has 1 aliphatic rings. The van der Waals surface area contributed by atoms with Gasteiger partial charge in [0.25, 0.3) is 5.69 Å². The largest absolute Gasteiger partial charge is 0.378 e. The molecule has 1 aliphatic heterocycles. The van der Waals surface area contributed by atoms with E-state index in [0.717, 1.165) is 40.4 Å². The van der Waals surface area contributed by atoms with Gasteiger partial charge in [0.1, 0.15) is 5.69 Å². The normalized spacial score (nSPS) is 13.5. The molecule has 3 aromatic rings. The van der Waals surface area contributed by atoms with Crippen molar-refractivity contribution in [3.05, 3.63) is 73.6 Å². The van der Waals surface area contributed by atoms with Crippen molar-refractivity contribution in [2.24, 2.45) is 5.10 Å². The van der Waals surface area contributed by atoms with Crippen molar-refractivity contribution in [1.29, 1.82) is 0 Å². The summed E-state index contributed by atoms with van der Waals surface area (Å²) in [5.41, 5.74) is 3.55. The van der Waals surface area contributed by atoms with Crippen molar-refractivity contribution in [3.63, 3.8) is 0 Å². The number of non-ortho nitro benzene ring substituents is 1. The van der Waals surface area contributed by atoms with E-state index in [4.69, 9.17) is 9.72 Å². The lowest BCUT2D eigenvalue weighted by atomic mass is 10.1. The maximum absolute atomic E-state index is 11.3. The second kappa shape index (κ2) is 10.9. The molecule has 1 fully saturated rings. The summed E-state index contributed by atoms with van der Waals surface area (Å²) in [6.45, 7) is 2.75. The summed E-state index contributed by atoms with van der Waals surface area (Å²) >= 11 is 1.46. The zero-order chi connectivity index (χ0) is 22.5. The number of benzene rings is 2. The Bertz CT molecular complexity index is 1170. The van der Waals surface area contributed by atoms with Crippen molar-refractivity contribution < 1.29 is 14.6 Å². The number of aromatic nitrogens is 1. The van der Waals surface area contributed by atoms with Gasteiger partial charge in [0.15, 0.2) is 5.13 Å². The molecular formula is C20H19BrN6O5S. The van der Waals surface area contributed by atoms with Crippen LogP contribution < -0.4 is 10.3 Å². The molecule has 172 valence electrons. The average Bonchev–Trinajstić information content (AvgIpc) is 3.24.